The van der Waals surface area contributed by atoms with Gasteiger partial charge in [-0.2, -0.15) is 16.8 Å². The van der Waals surface area contributed by atoms with Gasteiger partial charge >= 0.3 is 4.08 Å². The van der Waals surface area contributed by atoms with Crippen molar-refractivity contribution >= 4 is 26.0 Å². The van der Waals surface area contributed by atoms with Crippen LogP contribution in [0.2, 0.25) is 0 Å². The molecular weight excluding hydrogens is 420 g/mol. The summed E-state index contributed by atoms with van der Waals surface area (Å²) in [5.74, 6) is -7.31. The van der Waals surface area contributed by atoms with Gasteiger partial charge in [-0.1, -0.05) is 30.3 Å². The van der Waals surface area contributed by atoms with E-state index in [1.54, 1.807) is 6.07 Å². The highest BCUT2D eigenvalue weighted by Gasteiger charge is 2.74. The lowest BCUT2D eigenvalue weighted by molar-refractivity contribution is -0.204. The molecule has 11 nitrogen and oxygen atoms in total. The maximum absolute atomic E-state index is 12.7. The van der Waals surface area contributed by atoms with Crippen LogP contribution in [-0.2, 0) is 29.7 Å². The van der Waals surface area contributed by atoms with Crippen molar-refractivity contribution in [3.05, 3.63) is 59.1 Å². The number of allylic oxidation sites excluding steroid dienone is 1. The Morgan fingerprint density at radius 1 is 0.929 bits per heavy atom. The summed E-state index contributed by atoms with van der Waals surface area (Å²) in [7, 11) is -10.5. The molecule has 0 atom stereocenters. The minimum Gasteiger partial charge on any atom is -0.504 e. The summed E-state index contributed by atoms with van der Waals surface area (Å²) in [6.45, 7) is 0. The van der Waals surface area contributed by atoms with Gasteiger partial charge in [0.2, 0.25) is 0 Å². The van der Waals surface area contributed by atoms with Crippen LogP contribution in [0.4, 0.5) is 0 Å². The topological polar surface area (TPSA) is 185 Å². The van der Waals surface area contributed by atoms with Crippen LogP contribution in [0.5, 0.6) is 0 Å². The first kappa shape index (κ1) is 22.0. The van der Waals surface area contributed by atoms with Crippen molar-refractivity contribution in [2.45, 2.75) is 9.87 Å². The fourth-order valence-corrected chi connectivity index (χ4v) is 5.71. The average molecular weight is 436 g/mol. The lowest BCUT2D eigenvalue weighted by Crippen LogP contribution is -2.66. The van der Waals surface area contributed by atoms with Gasteiger partial charge in [-0.15, -0.1) is 0 Å². The summed E-state index contributed by atoms with van der Waals surface area (Å²) in [5, 5.41) is 20.6. The zero-order valence-electron chi connectivity index (χ0n) is 14.4. The summed E-state index contributed by atoms with van der Waals surface area (Å²) < 4.78 is 73.4. The van der Waals surface area contributed by atoms with Crippen LogP contribution in [0.25, 0.3) is 0 Å². The van der Waals surface area contributed by atoms with Crippen LogP contribution in [0.3, 0.4) is 0 Å². The van der Waals surface area contributed by atoms with E-state index in [0.717, 1.165) is 0 Å². The molecule has 0 aliphatic heterocycles. The third kappa shape index (κ3) is 2.83. The molecule has 0 bridgehead atoms. The van der Waals surface area contributed by atoms with Crippen molar-refractivity contribution < 1.29 is 50.4 Å². The predicted molar refractivity (Wildman–Crippen MR) is 93.7 cm³/mol. The van der Waals surface area contributed by atoms with Crippen molar-refractivity contribution in [1.82, 2.24) is 0 Å². The fourth-order valence-electron chi connectivity index (χ4n) is 2.90. The molecule has 0 saturated carbocycles. The normalized spacial score (nSPS) is 19.2. The van der Waals surface area contributed by atoms with Gasteiger partial charge in [-0.05, 0) is 6.08 Å². The van der Waals surface area contributed by atoms with E-state index in [1.165, 1.54) is 24.3 Å². The van der Waals surface area contributed by atoms with E-state index < -0.39 is 53.0 Å². The SMILES string of the molecule is COC1(OC)C(O)=C(O)C(C(=O)c2ccccc2)=CC1(S(=O)(=O)O)S(=O)(=O)O. The zero-order chi connectivity index (χ0) is 21.5. The molecule has 1 aromatic rings. The summed E-state index contributed by atoms with van der Waals surface area (Å²) in [5.41, 5.74) is -1.17. The maximum Gasteiger partial charge on any atom is 0.302 e. The molecule has 0 aromatic heterocycles. The Morgan fingerprint density at radius 3 is 1.79 bits per heavy atom. The number of hydrogen-bond acceptors (Lipinski definition) is 9. The van der Waals surface area contributed by atoms with Gasteiger partial charge in [0.15, 0.2) is 17.3 Å². The van der Waals surface area contributed by atoms with Crippen LogP contribution in [0.15, 0.2) is 53.5 Å². The molecule has 0 spiro atoms. The summed E-state index contributed by atoms with van der Waals surface area (Å²) in [6.07, 6.45) is 0.0506. The standard InChI is InChI=1S/C15H16O11S2/c1-25-15(26-2)13(18)12(17)10(11(16)9-6-4-3-5-7-9)8-14(15,27(19,20)21)28(22,23)24/h3-8,17-18H,1-2H3,(H,19,20,21)(H,22,23,24). The highest BCUT2D eigenvalue weighted by atomic mass is 32.3. The third-order valence-corrected chi connectivity index (χ3v) is 7.78. The molecule has 0 fully saturated rings. The molecule has 2 rings (SSSR count). The monoisotopic (exact) mass is 436 g/mol. The average Bonchev–Trinajstić information content (AvgIpc) is 2.62. The zero-order valence-corrected chi connectivity index (χ0v) is 16.1. The van der Waals surface area contributed by atoms with Crippen molar-refractivity contribution in [2.24, 2.45) is 0 Å². The number of rotatable bonds is 6. The molecule has 0 heterocycles. The lowest BCUT2D eigenvalue weighted by Gasteiger charge is -2.43. The van der Waals surface area contributed by atoms with E-state index in [1.807, 2.05) is 0 Å². The summed E-state index contributed by atoms with van der Waals surface area (Å²) >= 11 is 0. The van der Waals surface area contributed by atoms with E-state index in [0.29, 0.717) is 14.2 Å². The van der Waals surface area contributed by atoms with Gasteiger partial charge in [-0.3, -0.25) is 13.9 Å². The number of Topliss-reactive ketones (excluding diaryl/α,β-unsaturated/α-hetero) is 1. The van der Waals surface area contributed by atoms with Crippen molar-refractivity contribution in [1.29, 1.82) is 0 Å². The number of carbonyl (C=O) groups is 1. The molecule has 1 aromatic carbocycles. The van der Waals surface area contributed by atoms with Crippen LogP contribution in [-0.4, -0.2) is 66.0 Å². The fraction of sp³-hybridized carbons (Fsp3) is 0.267. The first-order chi connectivity index (χ1) is 12.8. The Bertz CT molecular complexity index is 1030. The minimum absolute atomic E-state index is 0.0506. The van der Waals surface area contributed by atoms with Gasteiger partial charge in [0.25, 0.3) is 26.0 Å². The van der Waals surface area contributed by atoms with E-state index in [9.17, 15) is 40.9 Å². The van der Waals surface area contributed by atoms with E-state index in [4.69, 9.17) is 0 Å². The Balaban J connectivity index is 3.02. The first-order valence-corrected chi connectivity index (χ1v) is 10.2. The van der Waals surface area contributed by atoms with Gasteiger partial charge in [-0.25, -0.2) is 0 Å². The second-order valence-corrected chi connectivity index (χ2v) is 9.04. The predicted octanol–water partition coefficient (Wildman–Crippen LogP) is 0.598. The number of ketones is 1. The van der Waals surface area contributed by atoms with Gasteiger partial charge in [0.1, 0.15) is 0 Å². The minimum atomic E-state index is -5.90. The molecular formula is C15H16O11S2. The molecule has 0 saturated heterocycles. The smallest absolute Gasteiger partial charge is 0.302 e. The van der Waals surface area contributed by atoms with Crippen LogP contribution < -0.4 is 0 Å². The van der Waals surface area contributed by atoms with Crippen LogP contribution >= 0.6 is 0 Å². The third-order valence-electron chi connectivity index (χ3n) is 4.21. The van der Waals surface area contributed by atoms with E-state index in [2.05, 4.69) is 9.47 Å². The van der Waals surface area contributed by atoms with Gasteiger partial charge in [0.05, 0.1) is 5.57 Å². The van der Waals surface area contributed by atoms with Crippen LogP contribution in [0, 0.1) is 0 Å². The van der Waals surface area contributed by atoms with Crippen molar-refractivity contribution in [3.8, 4) is 0 Å². The number of ether oxygens (including phenoxy) is 2. The Labute approximate surface area is 160 Å². The lowest BCUT2D eigenvalue weighted by atomic mass is 9.91. The molecule has 0 amide bonds. The van der Waals surface area contributed by atoms with E-state index >= 15 is 0 Å². The highest BCUT2D eigenvalue weighted by molar-refractivity contribution is 8.05. The number of benzene rings is 1. The number of hydrogen-bond donors (Lipinski definition) is 4. The summed E-state index contributed by atoms with van der Waals surface area (Å²) in [6, 6.07) is 6.89. The number of methoxy groups -OCH3 is 2. The second kappa shape index (κ2) is 6.95. The molecule has 4 N–H and O–H groups in total. The molecule has 13 heteroatoms. The molecule has 1 aliphatic rings. The van der Waals surface area contributed by atoms with Gasteiger partial charge < -0.3 is 19.7 Å². The number of aliphatic hydroxyl groups excluding tert-OH is 2. The molecule has 1 aliphatic carbocycles. The number of aliphatic hydroxyl groups is 2. The Kier molecular flexibility index (Phi) is 5.46. The van der Waals surface area contributed by atoms with E-state index in [-0.39, 0.29) is 11.6 Å². The largest absolute Gasteiger partial charge is 0.504 e. The second-order valence-electron chi connectivity index (χ2n) is 5.59. The highest BCUT2D eigenvalue weighted by Crippen LogP contribution is 2.48. The number of carbonyl (C=O) groups excluding carboxylic acids is 1. The van der Waals surface area contributed by atoms with Crippen LogP contribution in [0.1, 0.15) is 10.4 Å². The quantitative estimate of drug-likeness (QED) is 0.278. The Morgan fingerprint density at radius 2 is 1.39 bits per heavy atom. The molecule has 154 valence electrons. The molecule has 0 radical (unpaired) electrons. The van der Waals surface area contributed by atoms with Crippen molar-refractivity contribution in [2.75, 3.05) is 14.2 Å². The molecule has 28 heavy (non-hydrogen) atoms. The van der Waals surface area contributed by atoms with Gasteiger partial charge in [0, 0.05) is 19.8 Å². The first-order valence-electron chi connectivity index (χ1n) is 7.30. The molecule has 0 unspecified atom stereocenters. The Hall–Kier alpha value is -2.29. The maximum atomic E-state index is 12.7. The summed E-state index contributed by atoms with van der Waals surface area (Å²) in [4.78, 5) is 12.7. The van der Waals surface area contributed by atoms with Crippen molar-refractivity contribution in [3.63, 3.8) is 0 Å².